The summed E-state index contributed by atoms with van der Waals surface area (Å²) in [6.45, 7) is 23.5. The Morgan fingerprint density at radius 2 is 1.22 bits per heavy atom. The summed E-state index contributed by atoms with van der Waals surface area (Å²) in [6, 6.07) is 30.8. The maximum atomic E-state index is 7.32. The smallest absolute Gasteiger partial charge is 0.135 e. The number of allylic oxidation sites excluding steroid dienone is 3. The van der Waals surface area contributed by atoms with Gasteiger partial charge in [0.15, 0.2) is 0 Å². The first-order valence-corrected chi connectivity index (χ1v) is 19.8. The fraction of sp³-hybridized carbons (Fsp3) is 0.304. The number of aryl methyl sites for hydroxylation is 6. The van der Waals surface area contributed by atoms with Gasteiger partial charge in [0, 0.05) is 22.7 Å². The van der Waals surface area contributed by atoms with Crippen molar-refractivity contribution in [1.29, 1.82) is 0 Å². The van der Waals surface area contributed by atoms with Crippen LogP contribution in [-0.2, 0) is 9.26 Å². The van der Waals surface area contributed by atoms with Crippen molar-refractivity contribution in [2.75, 3.05) is 12.8 Å². The zero-order valence-electron chi connectivity index (χ0n) is 31.3. The summed E-state index contributed by atoms with van der Waals surface area (Å²) in [5.74, 6) is 2.06. The molecule has 3 aliphatic rings. The highest BCUT2D eigenvalue weighted by molar-refractivity contribution is 7.58. The first kappa shape index (κ1) is 34.7. The highest BCUT2D eigenvalue weighted by Gasteiger charge is 2.54. The molecule has 0 amide bonds. The summed E-state index contributed by atoms with van der Waals surface area (Å²) in [5.41, 5.74) is 17.5. The van der Waals surface area contributed by atoms with E-state index in [0.717, 1.165) is 23.2 Å². The molecule has 4 heteroatoms. The topological polar surface area (TPSA) is 18.5 Å². The SMILES string of the molecule is CC1=C(C2=C(C)C(C)(/C(=C(\P)c3ccccc3)c3c(C)cc(C)cc3C)CO2)P2CC1(C)C(c1c(C)cc(C)cc1C)=C(c1ccccc1)O2. The lowest BCUT2D eigenvalue weighted by atomic mass is 9.70. The van der Waals surface area contributed by atoms with Gasteiger partial charge >= 0.3 is 0 Å². The van der Waals surface area contributed by atoms with Crippen LogP contribution in [0.5, 0.6) is 0 Å². The molecule has 0 spiro atoms. The minimum atomic E-state index is -0.963. The molecule has 4 aromatic rings. The van der Waals surface area contributed by atoms with Crippen molar-refractivity contribution in [1.82, 2.24) is 0 Å². The molecule has 0 fully saturated rings. The molecule has 0 aliphatic carbocycles. The van der Waals surface area contributed by atoms with Crippen LogP contribution in [0.15, 0.2) is 107 Å². The van der Waals surface area contributed by atoms with Crippen molar-refractivity contribution in [2.24, 2.45) is 10.8 Å². The molecule has 0 radical (unpaired) electrons. The molecule has 4 unspecified atom stereocenters. The van der Waals surface area contributed by atoms with Crippen molar-refractivity contribution in [3.8, 4) is 0 Å². The fourth-order valence-corrected chi connectivity index (χ4v) is 12.4. The molecule has 3 heterocycles. The second-order valence-electron chi connectivity index (χ2n) is 15.3. The van der Waals surface area contributed by atoms with E-state index in [1.165, 1.54) is 83.0 Å². The van der Waals surface area contributed by atoms with E-state index < -0.39 is 8.15 Å². The van der Waals surface area contributed by atoms with Gasteiger partial charge in [0.2, 0.25) is 0 Å². The number of hydrogen-bond acceptors (Lipinski definition) is 2. The number of ether oxygens (including phenoxy) is 1. The minimum absolute atomic E-state index is 0.191. The van der Waals surface area contributed by atoms with Gasteiger partial charge in [-0.05, 0) is 123 Å². The molecule has 0 saturated heterocycles. The van der Waals surface area contributed by atoms with Crippen LogP contribution < -0.4 is 0 Å². The van der Waals surface area contributed by atoms with Crippen molar-refractivity contribution >= 4 is 39.6 Å². The standard InChI is InChI=1S/C46H50O2P2/c1-27-21-29(3)37(30(4)22-27)39-42(35-17-13-11-14-18-35)48-50-26-46(39,10)34(8)44(50)41-33(7)45(9,25-47-41)40(43(49)36-19-15-12-16-20-36)38-31(5)23-28(2)24-32(38)6/h11-24H,25-26,49H2,1-10H3/b43-40-. The lowest BCUT2D eigenvalue weighted by molar-refractivity contribution is 0.209. The second-order valence-corrected chi connectivity index (χ2v) is 17.6. The van der Waals surface area contributed by atoms with Gasteiger partial charge in [-0.15, -0.1) is 9.24 Å². The molecule has 2 bridgehead atoms. The van der Waals surface area contributed by atoms with Gasteiger partial charge < -0.3 is 9.26 Å². The van der Waals surface area contributed by atoms with Crippen LogP contribution in [0.3, 0.4) is 0 Å². The Hall–Kier alpha value is -3.70. The van der Waals surface area contributed by atoms with E-state index in [-0.39, 0.29) is 10.8 Å². The quantitative estimate of drug-likeness (QED) is 0.148. The highest BCUT2D eigenvalue weighted by atomic mass is 31.1. The van der Waals surface area contributed by atoms with E-state index in [4.69, 9.17) is 9.26 Å². The summed E-state index contributed by atoms with van der Waals surface area (Å²) in [4.78, 5) is 0. The Morgan fingerprint density at radius 3 is 1.80 bits per heavy atom. The van der Waals surface area contributed by atoms with E-state index in [1.54, 1.807) is 0 Å². The molecule has 0 aromatic heterocycles. The number of rotatable bonds is 6. The number of fused-ring (bicyclic) bond motifs is 2. The lowest BCUT2D eigenvalue weighted by Crippen LogP contribution is -2.25. The zero-order valence-corrected chi connectivity index (χ0v) is 33.4. The van der Waals surface area contributed by atoms with Crippen molar-refractivity contribution in [3.05, 3.63) is 163 Å². The van der Waals surface area contributed by atoms with E-state index in [9.17, 15) is 0 Å². The van der Waals surface area contributed by atoms with Crippen LogP contribution in [0.25, 0.3) is 22.2 Å². The fourth-order valence-electron chi connectivity index (χ4n) is 8.95. The van der Waals surface area contributed by atoms with Crippen molar-refractivity contribution in [2.45, 2.75) is 69.2 Å². The zero-order chi connectivity index (χ0) is 35.7. The van der Waals surface area contributed by atoms with Gasteiger partial charge in [-0.3, -0.25) is 0 Å². The Kier molecular flexibility index (Phi) is 8.90. The van der Waals surface area contributed by atoms with Crippen LogP contribution in [0.2, 0.25) is 0 Å². The molecule has 0 N–H and O–H groups in total. The third kappa shape index (κ3) is 5.46. The van der Waals surface area contributed by atoms with Crippen LogP contribution in [0.4, 0.5) is 0 Å². The maximum Gasteiger partial charge on any atom is 0.135 e. The van der Waals surface area contributed by atoms with Gasteiger partial charge in [0.1, 0.15) is 26.3 Å². The van der Waals surface area contributed by atoms with E-state index in [0.29, 0.717) is 6.61 Å². The number of benzene rings is 4. The molecule has 7 rings (SSSR count). The molecule has 4 atom stereocenters. The maximum absolute atomic E-state index is 7.32. The van der Waals surface area contributed by atoms with Crippen molar-refractivity contribution < 1.29 is 9.26 Å². The van der Waals surface area contributed by atoms with Crippen LogP contribution in [-0.4, -0.2) is 12.8 Å². The van der Waals surface area contributed by atoms with Gasteiger partial charge in [-0.2, -0.15) is 0 Å². The summed E-state index contributed by atoms with van der Waals surface area (Å²) in [5, 5.41) is 2.51. The second kappa shape index (κ2) is 12.8. The average Bonchev–Trinajstić information content (AvgIpc) is 3.47. The molecule has 256 valence electrons. The van der Waals surface area contributed by atoms with E-state index >= 15 is 0 Å². The Bertz CT molecular complexity index is 2120. The van der Waals surface area contributed by atoms with Gasteiger partial charge in [-0.25, -0.2) is 0 Å². The summed E-state index contributed by atoms with van der Waals surface area (Å²) < 4.78 is 14.3. The normalized spacial score (nSPS) is 23.7. The third-order valence-corrected chi connectivity index (χ3v) is 14.5. The van der Waals surface area contributed by atoms with E-state index in [1.807, 2.05) is 0 Å². The van der Waals surface area contributed by atoms with Crippen molar-refractivity contribution in [3.63, 3.8) is 0 Å². The predicted molar refractivity (Wildman–Crippen MR) is 218 cm³/mol. The number of hydrogen-bond donors (Lipinski definition) is 0. The molecule has 3 aliphatic heterocycles. The largest absolute Gasteiger partial charge is 0.492 e. The Morgan fingerprint density at radius 1 is 0.680 bits per heavy atom. The predicted octanol–water partition coefficient (Wildman–Crippen LogP) is 12.9. The molecule has 2 nitrogen and oxygen atoms in total. The molecular formula is C46H50O2P2. The lowest BCUT2D eigenvalue weighted by Gasteiger charge is -2.38. The van der Waals surface area contributed by atoms with Gasteiger partial charge in [0.05, 0.1) is 10.7 Å². The molecule has 50 heavy (non-hydrogen) atoms. The van der Waals surface area contributed by atoms with Crippen LogP contribution in [0.1, 0.15) is 83.3 Å². The van der Waals surface area contributed by atoms with Gasteiger partial charge in [0.25, 0.3) is 0 Å². The molecular weight excluding hydrogens is 646 g/mol. The highest BCUT2D eigenvalue weighted by Crippen LogP contribution is 2.73. The first-order valence-electron chi connectivity index (χ1n) is 17.8. The Balaban J connectivity index is 1.44. The monoisotopic (exact) mass is 696 g/mol. The molecule has 4 aromatic carbocycles. The molecule has 0 saturated carbocycles. The Labute approximate surface area is 303 Å². The summed E-state index contributed by atoms with van der Waals surface area (Å²) in [6.07, 6.45) is 0.955. The average molecular weight is 697 g/mol. The third-order valence-electron chi connectivity index (χ3n) is 11.6. The van der Waals surface area contributed by atoms with Crippen LogP contribution >= 0.6 is 17.4 Å². The summed E-state index contributed by atoms with van der Waals surface area (Å²) >= 11 is 0. The van der Waals surface area contributed by atoms with Gasteiger partial charge in [-0.1, -0.05) is 103 Å². The summed E-state index contributed by atoms with van der Waals surface area (Å²) in [7, 11) is 2.17. The first-order chi connectivity index (χ1) is 23.8. The van der Waals surface area contributed by atoms with E-state index in [2.05, 4.69) is 163 Å². The van der Waals surface area contributed by atoms with Crippen LogP contribution in [0, 0.1) is 52.4 Å². The minimum Gasteiger partial charge on any atom is -0.492 e.